The Hall–Kier alpha value is -1.06. The normalized spacial score (nSPS) is 10.4. The van der Waals surface area contributed by atoms with Crippen molar-refractivity contribution in [2.75, 3.05) is 0 Å². The van der Waals surface area contributed by atoms with Gasteiger partial charge in [-0.3, -0.25) is 4.98 Å². The molecule has 0 aromatic carbocycles. The van der Waals surface area contributed by atoms with Gasteiger partial charge in [-0.1, -0.05) is 11.6 Å². The highest BCUT2D eigenvalue weighted by Gasteiger charge is 2.07. The van der Waals surface area contributed by atoms with Gasteiger partial charge in [-0.05, 0) is 12.1 Å². The van der Waals surface area contributed by atoms with Crippen molar-refractivity contribution in [3.05, 3.63) is 35.2 Å². The summed E-state index contributed by atoms with van der Waals surface area (Å²) in [5, 5.41) is 0.572. The number of halogens is 2. The SMILES string of the molecule is ClCc1cnc(-c2ncccc2Cl)[nH]1. The van der Waals surface area contributed by atoms with Crippen molar-refractivity contribution in [2.45, 2.75) is 5.88 Å². The van der Waals surface area contributed by atoms with Crippen LogP contribution in [0.4, 0.5) is 0 Å². The van der Waals surface area contributed by atoms with Crippen molar-refractivity contribution in [2.24, 2.45) is 0 Å². The second-order valence-corrected chi connectivity index (χ2v) is 3.40. The first-order valence-corrected chi connectivity index (χ1v) is 4.93. The minimum atomic E-state index is 0.400. The summed E-state index contributed by atoms with van der Waals surface area (Å²) >= 11 is 11.6. The van der Waals surface area contributed by atoms with Crippen LogP contribution in [-0.4, -0.2) is 15.0 Å². The van der Waals surface area contributed by atoms with Crippen molar-refractivity contribution in [1.29, 1.82) is 0 Å². The lowest BCUT2D eigenvalue weighted by molar-refractivity contribution is 1.19. The molecule has 0 saturated carbocycles. The van der Waals surface area contributed by atoms with Gasteiger partial charge in [0, 0.05) is 18.1 Å². The molecule has 0 radical (unpaired) electrons. The van der Waals surface area contributed by atoms with E-state index < -0.39 is 0 Å². The largest absolute Gasteiger partial charge is 0.340 e. The van der Waals surface area contributed by atoms with Gasteiger partial charge in [-0.2, -0.15) is 0 Å². The first-order valence-electron chi connectivity index (χ1n) is 4.02. The fourth-order valence-corrected chi connectivity index (χ4v) is 1.45. The molecule has 2 rings (SSSR count). The first kappa shape index (κ1) is 9.49. The first-order chi connectivity index (χ1) is 6.81. The Morgan fingerprint density at radius 2 is 2.21 bits per heavy atom. The van der Waals surface area contributed by atoms with Crippen LogP contribution in [-0.2, 0) is 5.88 Å². The summed E-state index contributed by atoms with van der Waals surface area (Å²) in [6, 6.07) is 3.55. The summed E-state index contributed by atoms with van der Waals surface area (Å²) in [6.07, 6.45) is 3.34. The monoisotopic (exact) mass is 227 g/mol. The number of aromatic amines is 1. The van der Waals surface area contributed by atoms with Gasteiger partial charge in [0.1, 0.15) is 5.69 Å². The Morgan fingerprint density at radius 1 is 1.36 bits per heavy atom. The molecule has 0 unspecified atom stereocenters. The Balaban J connectivity index is 2.44. The van der Waals surface area contributed by atoms with E-state index in [0.717, 1.165) is 5.69 Å². The maximum atomic E-state index is 5.96. The van der Waals surface area contributed by atoms with E-state index >= 15 is 0 Å². The summed E-state index contributed by atoms with van der Waals surface area (Å²) in [5.41, 5.74) is 1.49. The van der Waals surface area contributed by atoms with Crippen molar-refractivity contribution in [3.63, 3.8) is 0 Å². The molecule has 0 bridgehead atoms. The molecular weight excluding hydrogens is 221 g/mol. The Kier molecular flexibility index (Phi) is 2.70. The number of alkyl halides is 1. The highest BCUT2D eigenvalue weighted by molar-refractivity contribution is 6.32. The highest BCUT2D eigenvalue weighted by atomic mass is 35.5. The van der Waals surface area contributed by atoms with Crippen LogP contribution in [0.1, 0.15) is 5.69 Å². The van der Waals surface area contributed by atoms with E-state index in [1.807, 2.05) is 0 Å². The molecule has 0 atom stereocenters. The third kappa shape index (κ3) is 1.74. The zero-order valence-corrected chi connectivity index (χ0v) is 8.68. The van der Waals surface area contributed by atoms with E-state index in [2.05, 4.69) is 15.0 Å². The molecule has 0 aliphatic rings. The topological polar surface area (TPSA) is 41.6 Å². The van der Waals surface area contributed by atoms with Crippen LogP contribution < -0.4 is 0 Å². The highest BCUT2D eigenvalue weighted by Crippen LogP contribution is 2.22. The molecule has 14 heavy (non-hydrogen) atoms. The van der Waals surface area contributed by atoms with Gasteiger partial charge in [-0.25, -0.2) is 4.98 Å². The quantitative estimate of drug-likeness (QED) is 0.803. The lowest BCUT2D eigenvalue weighted by Crippen LogP contribution is -1.86. The Morgan fingerprint density at radius 3 is 2.86 bits per heavy atom. The van der Waals surface area contributed by atoms with Crippen LogP contribution >= 0.6 is 23.2 Å². The zero-order valence-electron chi connectivity index (χ0n) is 7.17. The van der Waals surface area contributed by atoms with Crippen molar-refractivity contribution >= 4 is 23.2 Å². The second-order valence-electron chi connectivity index (χ2n) is 2.72. The van der Waals surface area contributed by atoms with Crippen LogP contribution in [0.2, 0.25) is 5.02 Å². The Labute approximate surface area is 91.1 Å². The number of nitrogens with zero attached hydrogens (tertiary/aromatic N) is 2. The average molecular weight is 228 g/mol. The molecule has 0 saturated heterocycles. The summed E-state index contributed by atoms with van der Waals surface area (Å²) in [7, 11) is 0. The predicted molar refractivity (Wildman–Crippen MR) is 56.4 cm³/mol. The van der Waals surface area contributed by atoms with Gasteiger partial charge >= 0.3 is 0 Å². The standard InChI is InChI=1S/C9H7Cl2N3/c10-4-6-5-13-9(14-6)8-7(11)2-1-3-12-8/h1-3,5H,4H2,(H,13,14). The summed E-state index contributed by atoms with van der Waals surface area (Å²) in [6.45, 7) is 0. The number of rotatable bonds is 2. The molecule has 2 heterocycles. The van der Waals surface area contributed by atoms with Crippen LogP contribution in [0.3, 0.4) is 0 Å². The summed E-state index contributed by atoms with van der Waals surface area (Å²) in [5.74, 6) is 1.04. The van der Waals surface area contributed by atoms with E-state index in [1.165, 1.54) is 0 Å². The van der Waals surface area contributed by atoms with Gasteiger partial charge in [0.05, 0.1) is 10.9 Å². The molecule has 5 heteroatoms. The molecule has 72 valence electrons. The number of H-pyrrole nitrogens is 1. The fourth-order valence-electron chi connectivity index (χ4n) is 1.11. The molecule has 2 aromatic rings. The van der Waals surface area contributed by atoms with Gasteiger partial charge in [-0.15, -0.1) is 11.6 Å². The lowest BCUT2D eigenvalue weighted by Gasteiger charge is -1.97. The van der Waals surface area contributed by atoms with E-state index in [0.29, 0.717) is 22.4 Å². The van der Waals surface area contributed by atoms with E-state index in [4.69, 9.17) is 23.2 Å². The fraction of sp³-hybridized carbons (Fsp3) is 0.111. The minimum Gasteiger partial charge on any atom is -0.340 e. The Bertz CT molecular complexity index is 439. The van der Waals surface area contributed by atoms with Gasteiger partial charge < -0.3 is 4.98 Å². The number of imidazole rings is 1. The molecule has 3 nitrogen and oxygen atoms in total. The number of hydrogen-bond donors (Lipinski definition) is 1. The van der Waals surface area contributed by atoms with Crippen molar-refractivity contribution in [3.8, 4) is 11.5 Å². The van der Waals surface area contributed by atoms with Crippen LogP contribution in [0.15, 0.2) is 24.5 Å². The third-order valence-electron chi connectivity index (χ3n) is 1.76. The van der Waals surface area contributed by atoms with Crippen LogP contribution in [0.5, 0.6) is 0 Å². The molecule has 1 N–H and O–H groups in total. The predicted octanol–water partition coefficient (Wildman–Crippen LogP) is 2.86. The van der Waals surface area contributed by atoms with Crippen LogP contribution in [0.25, 0.3) is 11.5 Å². The van der Waals surface area contributed by atoms with Crippen LogP contribution in [0, 0.1) is 0 Å². The smallest absolute Gasteiger partial charge is 0.157 e. The van der Waals surface area contributed by atoms with E-state index in [9.17, 15) is 0 Å². The molecule has 0 aliphatic carbocycles. The number of hydrogen-bond acceptors (Lipinski definition) is 2. The zero-order chi connectivity index (χ0) is 9.97. The number of nitrogens with one attached hydrogen (secondary N) is 1. The lowest BCUT2D eigenvalue weighted by atomic mass is 10.3. The van der Waals surface area contributed by atoms with E-state index in [-0.39, 0.29) is 0 Å². The van der Waals surface area contributed by atoms with E-state index in [1.54, 1.807) is 24.5 Å². The maximum absolute atomic E-state index is 5.96. The van der Waals surface area contributed by atoms with Gasteiger partial charge in [0.25, 0.3) is 0 Å². The minimum absolute atomic E-state index is 0.400. The van der Waals surface area contributed by atoms with Crippen molar-refractivity contribution < 1.29 is 0 Å². The molecule has 0 spiro atoms. The van der Waals surface area contributed by atoms with Crippen molar-refractivity contribution in [1.82, 2.24) is 15.0 Å². The molecule has 0 fully saturated rings. The molecular formula is C9H7Cl2N3. The van der Waals surface area contributed by atoms with Gasteiger partial charge in [0.15, 0.2) is 5.82 Å². The number of aromatic nitrogens is 3. The number of pyridine rings is 1. The summed E-state index contributed by atoms with van der Waals surface area (Å²) < 4.78 is 0. The van der Waals surface area contributed by atoms with Gasteiger partial charge in [0.2, 0.25) is 0 Å². The second kappa shape index (κ2) is 3.98. The average Bonchev–Trinajstić information content (AvgIpc) is 2.67. The third-order valence-corrected chi connectivity index (χ3v) is 2.35. The molecule has 2 aromatic heterocycles. The molecule has 0 aliphatic heterocycles. The molecule has 0 amide bonds. The summed E-state index contributed by atoms with van der Waals surface area (Å²) in [4.78, 5) is 11.3. The maximum Gasteiger partial charge on any atom is 0.157 e.